The van der Waals surface area contributed by atoms with E-state index in [4.69, 9.17) is 4.42 Å². The molecule has 1 amide bonds. The van der Waals surface area contributed by atoms with Gasteiger partial charge in [0.25, 0.3) is 0 Å². The molecule has 0 saturated carbocycles. The van der Waals surface area contributed by atoms with Gasteiger partial charge in [-0.2, -0.15) is 0 Å². The van der Waals surface area contributed by atoms with Gasteiger partial charge < -0.3 is 14.8 Å². The maximum Gasteiger partial charge on any atom is 0.220 e. The number of rotatable bonds is 4. The zero-order chi connectivity index (χ0) is 15.5. The highest BCUT2D eigenvalue weighted by atomic mass is 16.3. The van der Waals surface area contributed by atoms with Crippen molar-refractivity contribution in [2.45, 2.75) is 19.4 Å². The van der Waals surface area contributed by atoms with Crippen LogP contribution in [0.5, 0.6) is 5.75 Å². The molecular weight excluding hydrogens is 278 g/mol. The van der Waals surface area contributed by atoms with Gasteiger partial charge in [-0.1, -0.05) is 37.3 Å². The highest BCUT2D eigenvalue weighted by Gasteiger charge is 2.24. The molecule has 0 saturated heterocycles. The molecule has 0 radical (unpaired) electrons. The van der Waals surface area contributed by atoms with E-state index in [1.54, 1.807) is 31.4 Å². The summed E-state index contributed by atoms with van der Waals surface area (Å²) in [5.41, 5.74) is 0.648. The fourth-order valence-corrected chi connectivity index (χ4v) is 2.59. The van der Waals surface area contributed by atoms with Crippen molar-refractivity contribution in [2.24, 2.45) is 0 Å². The third-order valence-electron chi connectivity index (χ3n) is 3.69. The van der Waals surface area contributed by atoms with Crippen LogP contribution < -0.4 is 5.32 Å². The van der Waals surface area contributed by atoms with E-state index in [-0.39, 0.29) is 11.7 Å². The molecule has 1 aromatic heterocycles. The van der Waals surface area contributed by atoms with Gasteiger partial charge in [0.15, 0.2) is 0 Å². The highest BCUT2D eigenvalue weighted by molar-refractivity contribution is 5.89. The summed E-state index contributed by atoms with van der Waals surface area (Å²) in [6.45, 7) is 1.79. The summed E-state index contributed by atoms with van der Waals surface area (Å²) in [5.74, 6) is 0.624. The molecule has 0 aliphatic heterocycles. The highest BCUT2D eigenvalue weighted by Crippen LogP contribution is 2.35. The molecule has 0 aliphatic carbocycles. The number of furan rings is 1. The molecule has 1 heterocycles. The van der Waals surface area contributed by atoms with Gasteiger partial charge in [0.2, 0.25) is 5.91 Å². The van der Waals surface area contributed by atoms with Crippen molar-refractivity contribution in [3.63, 3.8) is 0 Å². The molecule has 2 aromatic carbocycles. The van der Waals surface area contributed by atoms with E-state index in [1.807, 2.05) is 30.3 Å². The molecule has 0 fully saturated rings. The summed E-state index contributed by atoms with van der Waals surface area (Å²) in [6, 6.07) is 14.3. The normalized spacial score (nSPS) is 12.2. The van der Waals surface area contributed by atoms with Crippen LogP contribution in [0.15, 0.2) is 59.2 Å². The van der Waals surface area contributed by atoms with Crippen LogP contribution in [0, 0.1) is 0 Å². The number of hydrogen-bond acceptors (Lipinski definition) is 3. The molecule has 22 heavy (non-hydrogen) atoms. The minimum atomic E-state index is -0.520. The van der Waals surface area contributed by atoms with E-state index in [0.717, 1.165) is 10.8 Å². The Hall–Kier alpha value is -2.75. The van der Waals surface area contributed by atoms with Gasteiger partial charge in [-0.25, -0.2) is 0 Å². The van der Waals surface area contributed by atoms with Gasteiger partial charge in [0, 0.05) is 12.0 Å². The predicted octanol–water partition coefficient (Wildman–Crippen LogP) is 3.75. The fourth-order valence-electron chi connectivity index (χ4n) is 2.59. The summed E-state index contributed by atoms with van der Waals surface area (Å²) in [6.07, 6.45) is 1.92. The lowest BCUT2D eigenvalue weighted by atomic mass is 9.96. The molecule has 0 aliphatic rings. The van der Waals surface area contributed by atoms with Crippen LogP contribution in [0.1, 0.15) is 30.7 Å². The Labute approximate surface area is 128 Å². The summed E-state index contributed by atoms with van der Waals surface area (Å²) in [4.78, 5) is 11.9. The van der Waals surface area contributed by atoms with Crippen molar-refractivity contribution in [3.8, 4) is 5.75 Å². The second-order valence-corrected chi connectivity index (χ2v) is 5.09. The average Bonchev–Trinajstić information content (AvgIpc) is 3.07. The summed E-state index contributed by atoms with van der Waals surface area (Å²) in [7, 11) is 0. The molecule has 0 bridgehead atoms. The number of hydrogen-bond donors (Lipinski definition) is 2. The van der Waals surface area contributed by atoms with Crippen LogP contribution in [0.3, 0.4) is 0 Å². The Balaban J connectivity index is 2.19. The van der Waals surface area contributed by atoms with Gasteiger partial charge in [-0.05, 0) is 29.0 Å². The van der Waals surface area contributed by atoms with Crippen molar-refractivity contribution < 1.29 is 14.3 Å². The van der Waals surface area contributed by atoms with Crippen LogP contribution in [0.25, 0.3) is 10.8 Å². The second-order valence-electron chi connectivity index (χ2n) is 5.09. The van der Waals surface area contributed by atoms with E-state index in [2.05, 4.69) is 5.32 Å². The minimum Gasteiger partial charge on any atom is -0.508 e. The van der Waals surface area contributed by atoms with E-state index in [9.17, 15) is 9.90 Å². The number of benzene rings is 2. The zero-order valence-electron chi connectivity index (χ0n) is 12.2. The fraction of sp³-hybridized carbons (Fsp3) is 0.167. The standard InChI is InChI=1S/C18H17NO3/c1-2-16(21)19-18(15-8-5-11-22-15)17-13-7-4-3-6-12(13)9-10-14(17)20/h3-11,18,20H,2H2,1H3,(H,19,21). The van der Waals surface area contributed by atoms with Crippen molar-refractivity contribution in [3.05, 3.63) is 66.1 Å². The Morgan fingerprint density at radius 3 is 2.73 bits per heavy atom. The third-order valence-corrected chi connectivity index (χ3v) is 3.69. The van der Waals surface area contributed by atoms with Crippen molar-refractivity contribution in [1.29, 1.82) is 0 Å². The molecule has 0 spiro atoms. The lowest BCUT2D eigenvalue weighted by Gasteiger charge is -2.20. The molecule has 1 atom stereocenters. The Kier molecular flexibility index (Phi) is 3.83. The summed E-state index contributed by atoms with van der Waals surface area (Å²) < 4.78 is 5.47. The van der Waals surface area contributed by atoms with Gasteiger partial charge in [-0.15, -0.1) is 0 Å². The van der Waals surface area contributed by atoms with Crippen LogP contribution in [0.2, 0.25) is 0 Å². The first kappa shape index (κ1) is 14.2. The number of phenolic OH excluding ortho intramolecular Hbond substituents is 1. The average molecular weight is 295 g/mol. The molecule has 3 rings (SSSR count). The summed E-state index contributed by atoms with van der Waals surface area (Å²) in [5, 5.41) is 15.2. The third kappa shape index (κ3) is 2.55. The number of aromatic hydroxyl groups is 1. The Morgan fingerprint density at radius 2 is 2.00 bits per heavy atom. The van der Waals surface area contributed by atoms with E-state index >= 15 is 0 Å². The number of fused-ring (bicyclic) bond motifs is 1. The first-order valence-corrected chi connectivity index (χ1v) is 7.24. The van der Waals surface area contributed by atoms with E-state index < -0.39 is 6.04 Å². The largest absolute Gasteiger partial charge is 0.508 e. The number of amides is 1. The second kappa shape index (κ2) is 5.93. The molecule has 112 valence electrons. The number of phenols is 1. The van der Waals surface area contributed by atoms with Gasteiger partial charge >= 0.3 is 0 Å². The number of nitrogens with one attached hydrogen (secondary N) is 1. The lowest BCUT2D eigenvalue weighted by molar-refractivity contribution is -0.121. The number of carbonyl (C=O) groups excluding carboxylic acids is 1. The maximum absolute atomic E-state index is 11.9. The first-order chi connectivity index (χ1) is 10.7. The molecule has 4 nitrogen and oxygen atoms in total. The smallest absolute Gasteiger partial charge is 0.220 e. The SMILES string of the molecule is CCC(=O)NC(c1ccco1)c1c(O)ccc2ccccc12. The van der Waals surface area contributed by atoms with Crippen LogP contribution in [-0.2, 0) is 4.79 Å². The molecule has 4 heteroatoms. The van der Waals surface area contributed by atoms with Crippen LogP contribution in [0.4, 0.5) is 0 Å². The predicted molar refractivity (Wildman–Crippen MR) is 84.6 cm³/mol. The quantitative estimate of drug-likeness (QED) is 0.770. The van der Waals surface area contributed by atoms with Gasteiger partial charge in [0.1, 0.15) is 17.6 Å². The molecule has 1 unspecified atom stereocenters. The monoisotopic (exact) mass is 295 g/mol. The van der Waals surface area contributed by atoms with E-state index in [0.29, 0.717) is 17.7 Å². The molecular formula is C18H17NO3. The van der Waals surface area contributed by atoms with Crippen molar-refractivity contribution >= 4 is 16.7 Å². The van der Waals surface area contributed by atoms with Crippen molar-refractivity contribution in [1.82, 2.24) is 5.32 Å². The Bertz CT molecular complexity index is 793. The minimum absolute atomic E-state index is 0.103. The van der Waals surface area contributed by atoms with Crippen molar-refractivity contribution in [2.75, 3.05) is 0 Å². The van der Waals surface area contributed by atoms with Crippen LogP contribution in [-0.4, -0.2) is 11.0 Å². The first-order valence-electron chi connectivity index (χ1n) is 7.24. The van der Waals surface area contributed by atoms with Crippen LogP contribution >= 0.6 is 0 Å². The summed E-state index contributed by atoms with van der Waals surface area (Å²) >= 11 is 0. The lowest BCUT2D eigenvalue weighted by Crippen LogP contribution is -2.28. The maximum atomic E-state index is 11.9. The number of carbonyl (C=O) groups is 1. The van der Waals surface area contributed by atoms with Gasteiger partial charge in [-0.3, -0.25) is 4.79 Å². The molecule has 2 N–H and O–H groups in total. The Morgan fingerprint density at radius 1 is 1.18 bits per heavy atom. The van der Waals surface area contributed by atoms with E-state index in [1.165, 1.54) is 0 Å². The zero-order valence-corrected chi connectivity index (χ0v) is 12.2. The topological polar surface area (TPSA) is 62.5 Å². The molecule has 3 aromatic rings. The van der Waals surface area contributed by atoms with Gasteiger partial charge in [0.05, 0.1) is 6.26 Å².